The van der Waals surface area contributed by atoms with Gasteiger partial charge < -0.3 is 9.32 Å². The third-order valence-corrected chi connectivity index (χ3v) is 12.8. The Balaban J connectivity index is 1.25. The SMILES string of the molecule is c1ccc(-c2cccc3c2sc2c(N(c4cccc5c4oc4ccccc45)c4cccc5sc6c(-c7ccccc7)cccc6c45)cccc23)cc1. The molecule has 0 aliphatic heterocycles. The molecule has 2 nitrogen and oxygen atoms in total. The van der Waals surface area contributed by atoms with Crippen molar-refractivity contribution in [2.75, 3.05) is 4.90 Å². The minimum Gasteiger partial charge on any atom is -0.454 e. The van der Waals surface area contributed by atoms with Crippen molar-refractivity contribution in [2.45, 2.75) is 0 Å². The molecular weight excluding hydrogens is 671 g/mol. The fourth-order valence-corrected chi connectivity index (χ4v) is 10.6. The maximum atomic E-state index is 6.78. The first-order valence-corrected chi connectivity index (χ1v) is 19.1. The predicted molar refractivity (Wildman–Crippen MR) is 225 cm³/mol. The second-order valence-corrected chi connectivity index (χ2v) is 15.3. The molecule has 0 radical (unpaired) electrons. The van der Waals surface area contributed by atoms with Crippen molar-refractivity contribution >= 4 is 102 Å². The molecule has 0 aliphatic carbocycles. The van der Waals surface area contributed by atoms with Crippen LogP contribution in [0.3, 0.4) is 0 Å². The van der Waals surface area contributed by atoms with Gasteiger partial charge in [0, 0.05) is 46.4 Å². The van der Waals surface area contributed by atoms with Crippen LogP contribution in [0.5, 0.6) is 0 Å². The minimum atomic E-state index is 0.883. The highest BCUT2D eigenvalue weighted by molar-refractivity contribution is 7.27. The van der Waals surface area contributed by atoms with Crippen molar-refractivity contribution < 1.29 is 4.42 Å². The van der Waals surface area contributed by atoms with Gasteiger partial charge in [0.15, 0.2) is 5.58 Å². The van der Waals surface area contributed by atoms with Gasteiger partial charge in [0.05, 0.1) is 21.8 Å². The quantitative estimate of drug-likeness (QED) is 0.178. The molecule has 0 saturated carbocycles. The van der Waals surface area contributed by atoms with Crippen LogP contribution in [0.4, 0.5) is 17.1 Å². The van der Waals surface area contributed by atoms with Crippen molar-refractivity contribution in [3.8, 4) is 22.3 Å². The molecule has 4 heteroatoms. The summed E-state index contributed by atoms with van der Waals surface area (Å²) >= 11 is 3.75. The zero-order chi connectivity index (χ0) is 34.2. The van der Waals surface area contributed by atoms with Gasteiger partial charge in [-0.15, -0.1) is 22.7 Å². The summed E-state index contributed by atoms with van der Waals surface area (Å²) < 4.78 is 11.9. The fraction of sp³-hybridized carbons (Fsp3) is 0. The lowest BCUT2D eigenvalue weighted by molar-refractivity contribution is 0.669. The van der Waals surface area contributed by atoms with E-state index in [2.05, 4.69) is 175 Å². The van der Waals surface area contributed by atoms with E-state index >= 15 is 0 Å². The van der Waals surface area contributed by atoms with Crippen LogP contribution in [-0.2, 0) is 0 Å². The first-order valence-electron chi connectivity index (χ1n) is 17.5. The maximum absolute atomic E-state index is 6.78. The van der Waals surface area contributed by atoms with Gasteiger partial charge in [0.25, 0.3) is 0 Å². The van der Waals surface area contributed by atoms with Gasteiger partial charge in [-0.05, 0) is 52.6 Å². The van der Waals surface area contributed by atoms with E-state index in [4.69, 9.17) is 4.42 Å². The van der Waals surface area contributed by atoms with Crippen LogP contribution in [-0.4, -0.2) is 0 Å². The maximum Gasteiger partial charge on any atom is 0.159 e. The number of rotatable bonds is 5. The molecule has 3 aromatic heterocycles. The molecule has 244 valence electrons. The van der Waals surface area contributed by atoms with Crippen LogP contribution in [0.25, 0.3) is 84.5 Å². The number of nitrogens with zero attached hydrogens (tertiary/aromatic N) is 1. The number of hydrogen-bond acceptors (Lipinski definition) is 4. The van der Waals surface area contributed by atoms with E-state index in [-0.39, 0.29) is 0 Å². The Morgan fingerprint density at radius 1 is 0.365 bits per heavy atom. The fourth-order valence-electron chi connectivity index (χ4n) is 7.98. The second kappa shape index (κ2) is 11.7. The Morgan fingerprint density at radius 2 is 0.904 bits per heavy atom. The molecule has 8 aromatic carbocycles. The first kappa shape index (κ1) is 29.5. The first-order chi connectivity index (χ1) is 25.8. The topological polar surface area (TPSA) is 16.4 Å². The van der Waals surface area contributed by atoms with E-state index in [1.165, 1.54) is 62.6 Å². The number of benzene rings is 8. The molecule has 11 rings (SSSR count). The van der Waals surface area contributed by atoms with Gasteiger partial charge in [-0.2, -0.15) is 0 Å². The molecule has 0 atom stereocenters. The predicted octanol–water partition coefficient (Wildman–Crippen LogP) is 15.1. The summed E-state index contributed by atoms with van der Waals surface area (Å²) in [5, 5.41) is 7.27. The van der Waals surface area contributed by atoms with Crippen molar-refractivity contribution in [3.63, 3.8) is 0 Å². The van der Waals surface area contributed by atoms with Gasteiger partial charge >= 0.3 is 0 Å². The number of anilines is 3. The summed E-state index contributed by atoms with van der Waals surface area (Å²) in [7, 11) is 0. The molecule has 52 heavy (non-hydrogen) atoms. The Kier molecular flexibility index (Phi) is 6.63. The smallest absolute Gasteiger partial charge is 0.159 e. The molecule has 0 spiro atoms. The molecule has 0 unspecified atom stereocenters. The van der Waals surface area contributed by atoms with E-state index in [0.717, 1.165) is 39.0 Å². The minimum absolute atomic E-state index is 0.883. The molecule has 0 saturated heterocycles. The zero-order valence-corrected chi connectivity index (χ0v) is 29.5. The highest BCUT2D eigenvalue weighted by atomic mass is 32.1. The molecule has 11 aromatic rings. The molecule has 0 fully saturated rings. The molecule has 0 amide bonds. The normalized spacial score (nSPS) is 11.8. The summed E-state index contributed by atoms with van der Waals surface area (Å²) in [5.74, 6) is 0. The molecule has 3 heterocycles. The third kappa shape index (κ3) is 4.42. The molecule has 0 bridgehead atoms. The van der Waals surface area contributed by atoms with Gasteiger partial charge in [-0.25, -0.2) is 0 Å². The van der Waals surface area contributed by atoms with Crippen LogP contribution in [0.2, 0.25) is 0 Å². The van der Waals surface area contributed by atoms with Crippen LogP contribution in [0.15, 0.2) is 180 Å². The van der Waals surface area contributed by atoms with Gasteiger partial charge in [0.1, 0.15) is 5.58 Å². The van der Waals surface area contributed by atoms with Crippen molar-refractivity contribution in [1.29, 1.82) is 0 Å². The summed E-state index contributed by atoms with van der Waals surface area (Å²) in [5.41, 5.74) is 10.0. The Labute approximate surface area is 308 Å². The Morgan fingerprint density at radius 3 is 1.65 bits per heavy atom. The van der Waals surface area contributed by atoms with Crippen LogP contribution >= 0.6 is 22.7 Å². The molecule has 0 N–H and O–H groups in total. The van der Waals surface area contributed by atoms with Crippen LogP contribution in [0.1, 0.15) is 0 Å². The van der Waals surface area contributed by atoms with Gasteiger partial charge in [0.2, 0.25) is 0 Å². The van der Waals surface area contributed by atoms with E-state index in [1.807, 2.05) is 28.7 Å². The van der Waals surface area contributed by atoms with Crippen LogP contribution in [0, 0.1) is 0 Å². The van der Waals surface area contributed by atoms with Crippen molar-refractivity contribution in [2.24, 2.45) is 0 Å². The van der Waals surface area contributed by atoms with E-state index in [9.17, 15) is 0 Å². The average Bonchev–Trinajstić information content (AvgIpc) is 3.91. The number of para-hydroxylation sites is 2. The number of fused-ring (bicyclic) bond motifs is 9. The summed E-state index contributed by atoms with van der Waals surface area (Å²) in [6.07, 6.45) is 0. The highest BCUT2D eigenvalue weighted by Crippen LogP contribution is 2.52. The van der Waals surface area contributed by atoms with Gasteiger partial charge in [-0.1, -0.05) is 146 Å². The third-order valence-electron chi connectivity index (χ3n) is 10.3. The molecule has 0 aliphatic rings. The van der Waals surface area contributed by atoms with Crippen molar-refractivity contribution in [3.05, 3.63) is 176 Å². The number of furan rings is 1. The standard InChI is InChI=1S/C48H29NOS2/c1-3-14-30(15-4-1)32-19-9-22-36-37-23-12-27-41(48(37)52-46(32)36)49(40-26-11-21-35-34-18-7-8-28-42(34)50-45(35)40)39-25-13-29-43-44(39)38-24-10-20-33(47(38)51-43)31-16-5-2-6-17-31/h1-29H. The van der Waals surface area contributed by atoms with Gasteiger partial charge in [-0.3, -0.25) is 0 Å². The monoisotopic (exact) mass is 699 g/mol. The Hall–Kier alpha value is -6.20. The zero-order valence-electron chi connectivity index (χ0n) is 27.9. The molecular formula is C48H29NOS2. The summed E-state index contributed by atoms with van der Waals surface area (Å²) in [4.78, 5) is 2.47. The second-order valence-electron chi connectivity index (χ2n) is 13.2. The lowest BCUT2D eigenvalue weighted by Gasteiger charge is -2.27. The number of thiophene rings is 2. The summed E-state index contributed by atoms with van der Waals surface area (Å²) in [6, 6.07) is 63.4. The lowest BCUT2D eigenvalue weighted by Crippen LogP contribution is -2.10. The lowest BCUT2D eigenvalue weighted by atomic mass is 10.0. The van der Waals surface area contributed by atoms with E-state index < -0.39 is 0 Å². The van der Waals surface area contributed by atoms with E-state index in [1.54, 1.807) is 0 Å². The van der Waals surface area contributed by atoms with E-state index in [0.29, 0.717) is 0 Å². The largest absolute Gasteiger partial charge is 0.454 e. The van der Waals surface area contributed by atoms with Crippen LogP contribution < -0.4 is 4.90 Å². The highest BCUT2D eigenvalue weighted by Gasteiger charge is 2.25. The number of hydrogen-bond donors (Lipinski definition) is 0. The van der Waals surface area contributed by atoms with Crippen molar-refractivity contribution in [1.82, 2.24) is 0 Å². The average molecular weight is 700 g/mol. The summed E-state index contributed by atoms with van der Waals surface area (Å²) in [6.45, 7) is 0. The Bertz CT molecular complexity index is 3130.